The molecule has 1 aromatic carbocycles. The van der Waals surface area contributed by atoms with Crippen LogP contribution in [-0.4, -0.2) is 44.1 Å². The zero-order chi connectivity index (χ0) is 18.4. The van der Waals surface area contributed by atoms with Crippen molar-refractivity contribution < 1.29 is 13.9 Å². The van der Waals surface area contributed by atoms with Gasteiger partial charge in [-0.2, -0.15) is 0 Å². The second-order valence-corrected chi connectivity index (χ2v) is 7.11. The molecule has 0 radical (unpaired) electrons. The third kappa shape index (κ3) is 4.39. The Balaban J connectivity index is 1.45. The zero-order valence-corrected chi connectivity index (χ0v) is 16.0. The quantitative estimate of drug-likeness (QED) is 0.721. The standard InChI is InChI=1S/C21H30N2O3/c1-16-17-10-9-11-18(25-2)20(17)26-19(16)21(24)22-12-5-3-6-13-23-14-7-4-8-15-23/h9-11H,3-8,12-15H2,1-2H3,(H,22,24). The van der Waals surface area contributed by atoms with Gasteiger partial charge in [-0.05, 0) is 58.3 Å². The molecule has 1 aliphatic rings. The number of rotatable bonds is 8. The number of carbonyl (C=O) groups is 1. The van der Waals surface area contributed by atoms with Gasteiger partial charge in [0.2, 0.25) is 0 Å². The fourth-order valence-electron chi connectivity index (χ4n) is 3.70. The molecule has 1 aliphatic heterocycles. The molecule has 0 saturated carbocycles. The third-order valence-corrected chi connectivity index (χ3v) is 5.24. The second kappa shape index (κ2) is 9.08. The number of aryl methyl sites for hydroxylation is 1. The highest BCUT2D eigenvalue weighted by atomic mass is 16.5. The monoisotopic (exact) mass is 358 g/mol. The van der Waals surface area contributed by atoms with E-state index in [1.54, 1.807) is 7.11 Å². The Morgan fingerprint density at radius 2 is 2.00 bits per heavy atom. The van der Waals surface area contributed by atoms with E-state index in [1.165, 1.54) is 45.3 Å². The molecule has 0 spiro atoms. The molecule has 2 aromatic rings. The van der Waals surface area contributed by atoms with Crippen LogP contribution in [-0.2, 0) is 0 Å². The maximum Gasteiger partial charge on any atom is 0.287 e. The molecule has 0 bridgehead atoms. The molecule has 142 valence electrons. The molecule has 1 N–H and O–H groups in total. The lowest BCUT2D eigenvalue weighted by Crippen LogP contribution is -2.30. The van der Waals surface area contributed by atoms with Crippen LogP contribution >= 0.6 is 0 Å². The summed E-state index contributed by atoms with van der Waals surface area (Å²) in [5.41, 5.74) is 1.50. The average molecular weight is 358 g/mol. The van der Waals surface area contributed by atoms with Gasteiger partial charge in [-0.15, -0.1) is 0 Å². The van der Waals surface area contributed by atoms with Crippen molar-refractivity contribution in [1.29, 1.82) is 0 Å². The van der Waals surface area contributed by atoms with Gasteiger partial charge >= 0.3 is 0 Å². The molecule has 0 atom stereocenters. The number of ether oxygens (including phenoxy) is 1. The van der Waals surface area contributed by atoms with Crippen LogP contribution in [0.2, 0.25) is 0 Å². The van der Waals surface area contributed by atoms with Gasteiger partial charge in [-0.3, -0.25) is 4.79 Å². The largest absolute Gasteiger partial charge is 0.493 e. The van der Waals surface area contributed by atoms with Gasteiger partial charge in [0, 0.05) is 17.5 Å². The summed E-state index contributed by atoms with van der Waals surface area (Å²) in [5.74, 6) is 0.900. The molecular formula is C21H30N2O3. The number of fused-ring (bicyclic) bond motifs is 1. The first kappa shape index (κ1) is 18.8. The predicted molar refractivity (Wildman–Crippen MR) is 104 cm³/mol. The summed E-state index contributed by atoms with van der Waals surface area (Å²) in [6.45, 7) is 6.30. The highest BCUT2D eigenvalue weighted by Gasteiger charge is 2.19. The fraction of sp³-hybridized carbons (Fsp3) is 0.571. The molecule has 2 heterocycles. The van der Waals surface area contributed by atoms with Crippen molar-refractivity contribution in [2.24, 2.45) is 0 Å². The number of likely N-dealkylation sites (tertiary alicyclic amines) is 1. The lowest BCUT2D eigenvalue weighted by atomic mass is 10.1. The number of para-hydroxylation sites is 1. The Morgan fingerprint density at radius 3 is 2.77 bits per heavy atom. The van der Waals surface area contributed by atoms with Crippen LogP contribution in [0.3, 0.4) is 0 Å². The van der Waals surface area contributed by atoms with Gasteiger partial charge in [-0.25, -0.2) is 0 Å². The first-order valence-corrected chi connectivity index (χ1v) is 9.77. The van der Waals surface area contributed by atoms with Gasteiger partial charge in [-0.1, -0.05) is 25.0 Å². The van der Waals surface area contributed by atoms with Crippen molar-refractivity contribution in [2.45, 2.75) is 45.4 Å². The molecule has 1 amide bonds. The van der Waals surface area contributed by atoms with Crippen LogP contribution in [0.15, 0.2) is 22.6 Å². The molecule has 1 aromatic heterocycles. The van der Waals surface area contributed by atoms with Crippen molar-refractivity contribution in [3.8, 4) is 5.75 Å². The summed E-state index contributed by atoms with van der Waals surface area (Å²) in [7, 11) is 1.61. The summed E-state index contributed by atoms with van der Waals surface area (Å²) < 4.78 is 11.1. The van der Waals surface area contributed by atoms with Crippen LogP contribution in [0, 0.1) is 6.92 Å². The average Bonchev–Trinajstić information content (AvgIpc) is 3.02. The van der Waals surface area contributed by atoms with Crippen molar-refractivity contribution >= 4 is 16.9 Å². The highest BCUT2D eigenvalue weighted by Crippen LogP contribution is 2.32. The number of methoxy groups -OCH3 is 1. The number of nitrogens with one attached hydrogen (secondary N) is 1. The molecule has 26 heavy (non-hydrogen) atoms. The Labute approximate surface area is 155 Å². The summed E-state index contributed by atoms with van der Waals surface area (Å²) in [5, 5.41) is 3.92. The van der Waals surface area contributed by atoms with Crippen molar-refractivity contribution in [1.82, 2.24) is 10.2 Å². The van der Waals surface area contributed by atoms with E-state index in [0.717, 1.165) is 23.8 Å². The van der Waals surface area contributed by atoms with E-state index in [2.05, 4.69) is 10.2 Å². The van der Waals surface area contributed by atoms with Crippen LogP contribution in [0.25, 0.3) is 11.0 Å². The molecule has 1 saturated heterocycles. The topological polar surface area (TPSA) is 54.7 Å². The van der Waals surface area contributed by atoms with Crippen molar-refractivity contribution in [3.05, 3.63) is 29.5 Å². The molecule has 0 aliphatic carbocycles. The Morgan fingerprint density at radius 1 is 1.19 bits per heavy atom. The first-order valence-electron chi connectivity index (χ1n) is 9.77. The first-order chi connectivity index (χ1) is 12.7. The molecular weight excluding hydrogens is 328 g/mol. The number of furan rings is 1. The van der Waals surface area contributed by atoms with E-state index in [9.17, 15) is 4.79 Å². The van der Waals surface area contributed by atoms with E-state index >= 15 is 0 Å². The van der Waals surface area contributed by atoms with Gasteiger partial charge in [0.15, 0.2) is 17.1 Å². The zero-order valence-electron chi connectivity index (χ0n) is 16.0. The van der Waals surface area contributed by atoms with E-state index in [1.807, 2.05) is 25.1 Å². The number of nitrogens with zero attached hydrogens (tertiary/aromatic N) is 1. The Hall–Kier alpha value is -2.01. The van der Waals surface area contributed by atoms with Crippen molar-refractivity contribution in [3.63, 3.8) is 0 Å². The molecule has 0 unspecified atom stereocenters. The van der Waals surface area contributed by atoms with Crippen LogP contribution in [0.5, 0.6) is 5.75 Å². The second-order valence-electron chi connectivity index (χ2n) is 7.11. The van der Waals surface area contributed by atoms with Gasteiger partial charge in [0.05, 0.1) is 7.11 Å². The highest BCUT2D eigenvalue weighted by molar-refractivity contribution is 6.00. The lowest BCUT2D eigenvalue weighted by molar-refractivity contribution is 0.0926. The summed E-state index contributed by atoms with van der Waals surface area (Å²) in [6.07, 6.45) is 7.42. The number of piperidine rings is 1. The van der Waals surface area contributed by atoms with E-state index in [0.29, 0.717) is 23.6 Å². The van der Waals surface area contributed by atoms with Crippen molar-refractivity contribution in [2.75, 3.05) is 33.3 Å². The lowest BCUT2D eigenvalue weighted by Gasteiger charge is -2.26. The van der Waals surface area contributed by atoms with Crippen LogP contribution in [0.4, 0.5) is 0 Å². The minimum atomic E-state index is -0.142. The minimum absolute atomic E-state index is 0.142. The third-order valence-electron chi connectivity index (χ3n) is 5.24. The number of benzene rings is 1. The maximum absolute atomic E-state index is 12.5. The van der Waals surface area contributed by atoms with Gasteiger partial charge in [0.25, 0.3) is 5.91 Å². The Bertz CT molecular complexity index is 732. The smallest absolute Gasteiger partial charge is 0.287 e. The fourth-order valence-corrected chi connectivity index (χ4v) is 3.70. The summed E-state index contributed by atoms with van der Waals surface area (Å²) in [6, 6.07) is 5.71. The Kier molecular flexibility index (Phi) is 6.56. The molecule has 3 rings (SSSR count). The number of amides is 1. The summed E-state index contributed by atoms with van der Waals surface area (Å²) >= 11 is 0. The summed E-state index contributed by atoms with van der Waals surface area (Å²) in [4.78, 5) is 15.0. The maximum atomic E-state index is 12.5. The molecule has 5 heteroatoms. The van der Waals surface area contributed by atoms with Crippen LogP contribution in [0.1, 0.15) is 54.6 Å². The number of hydrogen-bond donors (Lipinski definition) is 1. The number of carbonyl (C=O) groups excluding carboxylic acids is 1. The normalized spacial score (nSPS) is 15.3. The number of unbranched alkanes of at least 4 members (excludes halogenated alkanes) is 2. The SMILES string of the molecule is COc1cccc2c(C)c(C(=O)NCCCCCN3CCCCC3)oc12. The molecule has 1 fully saturated rings. The van der Waals surface area contributed by atoms with E-state index in [4.69, 9.17) is 9.15 Å². The van der Waals surface area contributed by atoms with Gasteiger partial charge < -0.3 is 19.4 Å². The number of hydrogen-bond acceptors (Lipinski definition) is 4. The predicted octanol–water partition coefficient (Wildman–Crippen LogP) is 4.14. The van der Waals surface area contributed by atoms with Crippen LogP contribution < -0.4 is 10.1 Å². The van der Waals surface area contributed by atoms with E-state index < -0.39 is 0 Å². The molecule has 5 nitrogen and oxygen atoms in total. The minimum Gasteiger partial charge on any atom is -0.493 e. The van der Waals surface area contributed by atoms with E-state index in [-0.39, 0.29) is 5.91 Å². The van der Waals surface area contributed by atoms with Gasteiger partial charge in [0.1, 0.15) is 0 Å².